The lowest BCUT2D eigenvalue weighted by Crippen LogP contribution is -2.28. The van der Waals surface area contributed by atoms with Crippen molar-refractivity contribution in [2.24, 2.45) is 0 Å². The summed E-state index contributed by atoms with van der Waals surface area (Å²) >= 11 is 1.26. The van der Waals surface area contributed by atoms with E-state index in [1.54, 1.807) is 15.5 Å². The van der Waals surface area contributed by atoms with Gasteiger partial charge in [0.1, 0.15) is 0 Å². The second-order valence-corrected chi connectivity index (χ2v) is 9.02. The Kier molecular flexibility index (Phi) is 6.46. The largest absolute Gasteiger partial charge is 0.280 e. The quantitative estimate of drug-likeness (QED) is 0.217. The molecule has 0 spiro atoms. The monoisotopic (exact) mass is 477 g/mol. The number of carbonyl (C=O) groups is 1. The van der Waals surface area contributed by atoms with E-state index in [4.69, 9.17) is 4.98 Å². The molecule has 4 aromatic carbocycles. The van der Waals surface area contributed by atoms with E-state index in [1.807, 2.05) is 110 Å². The average Bonchev–Trinajstić information content (AvgIpc) is 2.89. The summed E-state index contributed by atoms with van der Waals surface area (Å²) in [5.41, 5.74) is 3.79. The molecule has 0 fully saturated rings. The molecular weight excluding hydrogens is 454 g/mol. The van der Waals surface area contributed by atoms with E-state index >= 15 is 0 Å². The second-order valence-electron chi connectivity index (χ2n) is 8.08. The van der Waals surface area contributed by atoms with Gasteiger partial charge in [0.15, 0.2) is 5.16 Å². The van der Waals surface area contributed by atoms with Crippen molar-refractivity contribution in [1.82, 2.24) is 9.55 Å². The van der Waals surface area contributed by atoms with Crippen molar-refractivity contribution in [1.29, 1.82) is 0 Å². The van der Waals surface area contributed by atoms with E-state index in [9.17, 15) is 9.59 Å². The number of hydrogen-bond donors (Lipinski definition) is 0. The van der Waals surface area contributed by atoms with Gasteiger partial charge in [0, 0.05) is 11.4 Å². The van der Waals surface area contributed by atoms with Crippen LogP contribution in [-0.4, -0.2) is 21.2 Å². The smallest absolute Gasteiger partial charge is 0.266 e. The summed E-state index contributed by atoms with van der Waals surface area (Å²) in [5.74, 6) is 0.00557. The lowest BCUT2D eigenvalue weighted by atomic mass is 10.2. The van der Waals surface area contributed by atoms with Crippen molar-refractivity contribution >= 4 is 39.9 Å². The fourth-order valence-corrected chi connectivity index (χ4v) is 4.85. The van der Waals surface area contributed by atoms with Crippen LogP contribution in [0.3, 0.4) is 0 Å². The van der Waals surface area contributed by atoms with Gasteiger partial charge in [-0.15, -0.1) is 0 Å². The fourth-order valence-electron chi connectivity index (χ4n) is 3.99. The number of fused-ring (bicyclic) bond motifs is 1. The van der Waals surface area contributed by atoms with Crippen molar-refractivity contribution in [3.63, 3.8) is 0 Å². The molecule has 1 amide bonds. The van der Waals surface area contributed by atoms with Crippen LogP contribution in [0.15, 0.2) is 119 Å². The molecule has 5 aromatic rings. The van der Waals surface area contributed by atoms with Crippen LogP contribution in [-0.2, 0) is 4.79 Å². The number of rotatable bonds is 6. The first-order chi connectivity index (χ1) is 17.1. The molecule has 0 saturated carbocycles. The average molecular weight is 478 g/mol. The van der Waals surface area contributed by atoms with Gasteiger partial charge in [0.2, 0.25) is 5.91 Å². The Morgan fingerprint density at radius 2 is 1.46 bits per heavy atom. The zero-order valence-corrected chi connectivity index (χ0v) is 20.0. The van der Waals surface area contributed by atoms with Crippen LogP contribution in [0.25, 0.3) is 16.6 Å². The molecule has 0 radical (unpaired) electrons. The summed E-state index contributed by atoms with van der Waals surface area (Å²) in [4.78, 5) is 33.5. The number of para-hydroxylation sites is 3. The van der Waals surface area contributed by atoms with Crippen LogP contribution in [0, 0.1) is 6.92 Å². The maximum absolute atomic E-state index is 13.6. The molecule has 1 heterocycles. The standard InChI is InChI=1S/C29H23N3O2S/c1-21-11-10-16-24(19-21)32-28(34)25-17-8-9-18-26(25)30-29(32)35-20-27(33)31(22-12-4-2-5-13-22)23-14-6-3-7-15-23/h2-19H,20H2,1H3. The molecule has 5 rings (SSSR count). The Balaban J connectivity index is 1.54. The van der Waals surface area contributed by atoms with Crippen molar-refractivity contribution in [3.8, 4) is 5.69 Å². The Bertz CT molecular complexity index is 1510. The molecule has 0 bridgehead atoms. The summed E-state index contributed by atoms with van der Waals surface area (Å²) in [5, 5.41) is 1.02. The Morgan fingerprint density at radius 3 is 2.11 bits per heavy atom. The lowest BCUT2D eigenvalue weighted by Gasteiger charge is -2.23. The van der Waals surface area contributed by atoms with E-state index in [0.717, 1.165) is 22.6 Å². The van der Waals surface area contributed by atoms with Gasteiger partial charge in [0.25, 0.3) is 5.56 Å². The Labute approximate surface area is 207 Å². The SMILES string of the molecule is Cc1cccc(-n2c(SCC(=O)N(c3ccccc3)c3ccccc3)nc3ccccc3c2=O)c1. The number of nitrogens with zero attached hydrogens (tertiary/aromatic N) is 3. The molecule has 0 aliphatic heterocycles. The number of aromatic nitrogens is 2. The molecule has 0 saturated heterocycles. The predicted octanol–water partition coefficient (Wildman–Crippen LogP) is 6.15. The van der Waals surface area contributed by atoms with Gasteiger partial charge in [-0.05, 0) is 61.0 Å². The summed E-state index contributed by atoms with van der Waals surface area (Å²) < 4.78 is 1.60. The number of anilines is 2. The van der Waals surface area contributed by atoms with Gasteiger partial charge < -0.3 is 0 Å². The first kappa shape index (κ1) is 22.6. The zero-order chi connectivity index (χ0) is 24.2. The number of thioether (sulfide) groups is 1. The normalized spacial score (nSPS) is 10.9. The maximum atomic E-state index is 13.6. The lowest BCUT2D eigenvalue weighted by molar-refractivity contribution is -0.115. The summed E-state index contributed by atoms with van der Waals surface area (Å²) in [6, 6.07) is 34.1. The number of hydrogen-bond acceptors (Lipinski definition) is 4. The van der Waals surface area contributed by atoms with Crippen molar-refractivity contribution in [3.05, 3.63) is 125 Å². The molecule has 0 N–H and O–H groups in total. The highest BCUT2D eigenvalue weighted by Crippen LogP contribution is 2.28. The van der Waals surface area contributed by atoms with Gasteiger partial charge in [0.05, 0.1) is 22.3 Å². The van der Waals surface area contributed by atoms with E-state index < -0.39 is 0 Å². The minimum absolute atomic E-state index is 0.106. The Hall–Kier alpha value is -4.16. The molecule has 35 heavy (non-hydrogen) atoms. The van der Waals surface area contributed by atoms with Crippen molar-refractivity contribution in [2.75, 3.05) is 10.7 Å². The molecule has 172 valence electrons. The van der Waals surface area contributed by atoms with Gasteiger partial charge in [-0.25, -0.2) is 4.98 Å². The molecule has 6 heteroatoms. The number of benzene rings is 4. The van der Waals surface area contributed by atoms with Crippen LogP contribution >= 0.6 is 11.8 Å². The van der Waals surface area contributed by atoms with Crippen molar-refractivity contribution < 1.29 is 4.79 Å². The molecule has 0 unspecified atom stereocenters. The van der Waals surface area contributed by atoms with Crippen LogP contribution in [0.5, 0.6) is 0 Å². The summed E-state index contributed by atoms with van der Waals surface area (Å²) in [6.07, 6.45) is 0. The van der Waals surface area contributed by atoms with Gasteiger partial charge in [-0.3, -0.25) is 19.1 Å². The summed E-state index contributed by atoms with van der Waals surface area (Å²) in [6.45, 7) is 1.98. The molecule has 5 nitrogen and oxygen atoms in total. The minimum Gasteiger partial charge on any atom is -0.280 e. The zero-order valence-electron chi connectivity index (χ0n) is 19.2. The molecule has 0 aliphatic carbocycles. The number of aryl methyl sites for hydroxylation is 1. The van der Waals surface area contributed by atoms with E-state index in [-0.39, 0.29) is 17.2 Å². The molecule has 0 atom stereocenters. The highest BCUT2D eigenvalue weighted by atomic mass is 32.2. The minimum atomic E-state index is -0.154. The predicted molar refractivity (Wildman–Crippen MR) is 143 cm³/mol. The van der Waals surface area contributed by atoms with Crippen LogP contribution in [0.1, 0.15) is 5.56 Å². The highest BCUT2D eigenvalue weighted by Gasteiger charge is 2.20. The molecule has 0 aliphatic rings. The van der Waals surface area contributed by atoms with Crippen molar-refractivity contribution in [2.45, 2.75) is 12.1 Å². The van der Waals surface area contributed by atoms with E-state index in [0.29, 0.717) is 16.1 Å². The third-order valence-corrected chi connectivity index (χ3v) is 6.53. The van der Waals surface area contributed by atoms with Crippen LogP contribution in [0.4, 0.5) is 11.4 Å². The maximum Gasteiger partial charge on any atom is 0.266 e. The Morgan fingerprint density at radius 1 is 0.829 bits per heavy atom. The van der Waals surface area contributed by atoms with E-state index in [2.05, 4.69) is 0 Å². The molecule has 1 aromatic heterocycles. The number of amides is 1. The van der Waals surface area contributed by atoms with Crippen LogP contribution in [0.2, 0.25) is 0 Å². The van der Waals surface area contributed by atoms with Crippen LogP contribution < -0.4 is 10.5 Å². The first-order valence-electron chi connectivity index (χ1n) is 11.3. The molecular formula is C29H23N3O2S. The van der Waals surface area contributed by atoms with E-state index in [1.165, 1.54) is 11.8 Å². The highest BCUT2D eigenvalue weighted by molar-refractivity contribution is 7.99. The van der Waals surface area contributed by atoms with Gasteiger partial charge >= 0.3 is 0 Å². The summed E-state index contributed by atoms with van der Waals surface area (Å²) in [7, 11) is 0. The topological polar surface area (TPSA) is 55.2 Å². The first-order valence-corrected chi connectivity index (χ1v) is 12.2. The van der Waals surface area contributed by atoms with Gasteiger partial charge in [-0.2, -0.15) is 0 Å². The number of carbonyl (C=O) groups excluding carboxylic acids is 1. The fraction of sp³-hybridized carbons (Fsp3) is 0.0690. The third kappa shape index (κ3) is 4.74. The second kappa shape index (κ2) is 9.99. The third-order valence-electron chi connectivity index (χ3n) is 5.61. The van der Waals surface area contributed by atoms with Gasteiger partial charge in [-0.1, -0.05) is 72.4 Å².